The van der Waals surface area contributed by atoms with Crippen molar-refractivity contribution in [1.29, 1.82) is 0 Å². The highest BCUT2D eigenvalue weighted by molar-refractivity contribution is 5.83. The Morgan fingerprint density at radius 2 is 2.00 bits per heavy atom. The second kappa shape index (κ2) is 7.75. The number of carbonyl (C=O) groups is 1. The minimum absolute atomic E-state index is 0.0870. The molecule has 0 bridgehead atoms. The van der Waals surface area contributed by atoms with Crippen molar-refractivity contribution in [3.63, 3.8) is 0 Å². The Morgan fingerprint density at radius 3 is 2.59 bits per heavy atom. The first-order valence-corrected chi connectivity index (χ1v) is 7.30. The number of likely N-dealkylation sites (N-methyl/N-ethyl adjacent to an activating group) is 1. The smallest absolute Gasteiger partial charge is 0.241 e. The van der Waals surface area contributed by atoms with Crippen LogP contribution < -0.4 is 5.32 Å². The van der Waals surface area contributed by atoms with Gasteiger partial charge in [0.05, 0.1) is 6.26 Å². The maximum absolute atomic E-state index is 13.0. The first-order valence-electron chi connectivity index (χ1n) is 7.30. The average molecular weight is 304 g/mol. The molecule has 0 saturated carbocycles. The quantitative estimate of drug-likeness (QED) is 0.800. The van der Waals surface area contributed by atoms with Gasteiger partial charge >= 0.3 is 0 Å². The Balaban J connectivity index is 1.88. The lowest BCUT2D eigenvalue weighted by Crippen LogP contribution is -2.37. The third-order valence-corrected chi connectivity index (χ3v) is 3.43. The molecule has 118 valence electrons. The number of aryl methyl sites for hydroxylation is 1. The predicted octanol–water partition coefficient (Wildman–Crippen LogP) is 2.77. The topological polar surface area (TPSA) is 45.5 Å². The van der Waals surface area contributed by atoms with E-state index in [-0.39, 0.29) is 11.7 Å². The second-order valence-corrected chi connectivity index (χ2v) is 5.39. The molecule has 2 aromatic rings. The maximum atomic E-state index is 13.0. The molecule has 0 spiro atoms. The van der Waals surface area contributed by atoms with Crippen LogP contribution >= 0.6 is 0 Å². The average Bonchev–Trinajstić information content (AvgIpc) is 2.99. The number of amides is 1. The van der Waals surface area contributed by atoms with Crippen molar-refractivity contribution < 1.29 is 13.6 Å². The molecule has 0 aliphatic carbocycles. The molecule has 0 unspecified atom stereocenters. The third-order valence-electron chi connectivity index (χ3n) is 3.43. The molecule has 1 heterocycles. The van der Waals surface area contributed by atoms with E-state index in [1.165, 1.54) is 12.1 Å². The number of carbonyl (C=O) groups excluding carboxylic acids is 1. The number of furan rings is 1. The number of rotatable bonds is 7. The maximum Gasteiger partial charge on any atom is 0.241 e. The Bertz CT molecular complexity index is 579. The van der Waals surface area contributed by atoms with Crippen LogP contribution in [0.15, 0.2) is 47.1 Å². The summed E-state index contributed by atoms with van der Waals surface area (Å²) in [5.41, 5.74) is 0.773. The van der Waals surface area contributed by atoms with E-state index in [4.69, 9.17) is 4.42 Å². The van der Waals surface area contributed by atoms with E-state index in [0.717, 1.165) is 24.2 Å². The molecule has 4 nitrogen and oxygen atoms in total. The minimum atomic E-state index is -0.427. The predicted molar refractivity (Wildman–Crippen MR) is 82.9 cm³/mol. The van der Waals surface area contributed by atoms with E-state index in [0.29, 0.717) is 6.54 Å². The van der Waals surface area contributed by atoms with E-state index >= 15 is 0 Å². The Morgan fingerprint density at radius 1 is 1.27 bits per heavy atom. The Labute approximate surface area is 129 Å². The summed E-state index contributed by atoms with van der Waals surface area (Å²) in [7, 11) is 3.66. The van der Waals surface area contributed by atoms with E-state index < -0.39 is 6.04 Å². The van der Waals surface area contributed by atoms with Gasteiger partial charge in [-0.25, -0.2) is 4.39 Å². The first kappa shape index (κ1) is 16.2. The molecular formula is C17H21FN2O2. The van der Waals surface area contributed by atoms with Gasteiger partial charge in [0.1, 0.15) is 17.6 Å². The van der Waals surface area contributed by atoms with Gasteiger partial charge in [-0.2, -0.15) is 0 Å². The Kier molecular flexibility index (Phi) is 5.72. The number of nitrogens with one attached hydrogen (secondary N) is 1. The van der Waals surface area contributed by atoms with Crippen LogP contribution in [-0.4, -0.2) is 31.4 Å². The summed E-state index contributed by atoms with van der Waals surface area (Å²) in [6, 6.07) is 9.37. The SMILES string of the molecule is CN(C)[C@H](C(=O)NCCCc1ccco1)c1ccc(F)cc1. The standard InChI is InChI=1S/C17H21FN2O2/c1-20(2)16(13-7-9-14(18)10-8-13)17(21)19-11-3-5-15-6-4-12-22-15/h4,6-10,12,16H,3,5,11H2,1-2H3,(H,19,21)/t16-/m0/s1. The van der Waals surface area contributed by atoms with Crippen molar-refractivity contribution in [2.24, 2.45) is 0 Å². The van der Waals surface area contributed by atoms with Gasteiger partial charge in [-0.05, 0) is 50.3 Å². The van der Waals surface area contributed by atoms with Crippen molar-refractivity contribution >= 4 is 5.91 Å². The van der Waals surface area contributed by atoms with E-state index in [9.17, 15) is 9.18 Å². The highest BCUT2D eigenvalue weighted by Gasteiger charge is 2.22. The summed E-state index contributed by atoms with van der Waals surface area (Å²) in [6.07, 6.45) is 3.24. The molecule has 0 fully saturated rings. The van der Waals surface area contributed by atoms with Crippen LogP contribution in [0.2, 0.25) is 0 Å². The zero-order valence-electron chi connectivity index (χ0n) is 12.9. The molecule has 0 radical (unpaired) electrons. The highest BCUT2D eigenvalue weighted by Crippen LogP contribution is 2.18. The summed E-state index contributed by atoms with van der Waals surface area (Å²) < 4.78 is 18.3. The van der Waals surface area contributed by atoms with Gasteiger partial charge in [-0.1, -0.05) is 12.1 Å². The first-order chi connectivity index (χ1) is 10.6. The summed E-state index contributed by atoms with van der Waals surface area (Å²) in [6.45, 7) is 0.574. The molecule has 22 heavy (non-hydrogen) atoms. The number of hydrogen-bond donors (Lipinski definition) is 1. The molecule has 5 heteroatoms. The van der Waals surface area contributed by atoms with E-state index in [1.54, 1.807) is 18.4 Å². The van der Waals surface area contributed by atoms with Gasteiger partial charge < -0.3 is 9.73 Å². The molecular weight excluding hydrogens is 283 g/mol. The summed E-state index contributed by atoms with van der Waals surface area (Å²) in [4.78, 5) is 14.2. The summed E-state index contributed by atoms with van der Waals surface area (Å²) in [5.74, 6) is 0.521. The highest BCUT2D eigenvalue weighted by atomic mass is 19.1. The van der Waals surface area contributed by atoms with Gasteiger partial charge in [0.15, 0.2) is 0 Å². The van der Waals surface area contributed by atoms with Crippen molar-refractivity contribution in [2.45, 2.75) is 18.9 Å². The summed E-state index contributed by atoms with van der Waals surface area (Å²) >= 11 is 0. The fourth-order valence-corrected chi connectivity index (χ4v) is 2.35. The lowest BCUT2D eigenvalue weighted by molar-refractivity contribution is -0.125. The molecule has 2 rings (SSSR count). The molecule has 1 aromatic heterocycles. The van der Waals surface area contributed by atoms with E-state index in [1.807, 2.05) is 31.1 Å². The molecule has 1 aromatic carbocycles. The van der Waals surface area contributed by atoms with Crippen molar-refractivity contribution in [3.05, 3.63) is 59.8 Å². The molecule has 0 aliphatic heterocycles. The van der Waals surface area contributed by atoms with Crippen molar-refractivity contribution in [1.82, 2.24) is 10.2 Å². The molecule has 0 aliphatic rings. The Hall–Kier alpha value is -2.14. The van der Waals surface area contributed by atoms with Crippen molar-refractivity contribution in [2.75, 3.05) is 20.6 Å². The van der Waals surface area contributed by atoms with Crippen LogP contribution in [0.4, 0.5) is 4.39 Å². The second-order valence-electron chi connectivity index (χ2n) is 5.39. The molecule has 0 saturated heterocycles. The minimum Gasteiger partial charge on any atom is -0.469 e. The fourth-order valence-electron chi connectivity index (χ4n) is 2.35. The van der Waals surface area contributed by atoms with Crippen LogP contribution in [0.3, 0.4) is 0 Å². The van der Waals surface area contributed by atoms with E-state index in [2.05, 4.69) is 5.32 Å². The van der Waals surface area contributed by atoms with Gasteiger partial charge in [0.25, 0.3) is 0 Å². The van der Waals surface area contributed by atoms with Crippen molar-refractivity contribution in [3.8, 4) is 0 Å². The van der Waals surface area contributed by atoms with Crippen LogP contribution in [0.1, 0.15) is 23.8 Å². The van der Waals surface area contributed by atoms with Crippen LogP contribution in [0.25, 0.3) is 0 Å². The number of hydrogen-bond acceptors (Lipinski definition) is 3. The van der Waals surface area contributed by atoms with Gasteiger partial charge in [0, 0.05) is 13.0 Å². The molecule has 1 amide bonds. The number of benzene rings is 1. The zero-order valence-corrected chi connectivity index (χ0v) is 12.9. The number of halogens is 1. The third kappa shape index (κ3) is 4.43. The number of nitrogens with zero attached hydrogens (tertiary/aromatic N) is 1. The normalized spacial score (nSPS) is 12.4. The largest absolute Gasteiger partial charge is 0.469 e. The monoisotopic (exact) mass is 304 g/mol. The zero-order chi connectivity index (χ0) is 15.9. The van der Waals surface area contributed by atoms with Crippen LogP contribution in [-0.2, 0) is 11.2 Å². The van der Waals surface area contributed by atoms with Gasteiger partial charge in [-0.15, -0.1) is 0 Å². The molecule has 1 atom stereocenters. The summed E-state index contributed by atoms with van der Waals surface area (Å²) in [5, 5.41) is 2.92. The lowest BCUT2D eigenvalue weighted by atomic mass is 10.1. The van der Waals surface area contributed by atoms with Crippen LogP contribution in [0, 0.1) is 5.82 Å². The molecule has 1 N–H and O–H groups in total. The van der Waals surface area contributed by atoms with Gasteiger partial charge in [-0.3, -0.25) is 9.69 Å². The van der Waals surface area contributed by atoms with Crippen LogP contribution in [0.5, 0.6) is 0 Å². The fraction of sp³-hybridized carbons (Fsp3) is 0.353. The lowest BCUT2D eigenvalue weighted by Gasteiger charge is -2.23. The van der Waals surface area contributed by atoms with Gasteiger partial charge in [0.2, 0.25) is 5.91 Å².